The summed E-state index contributed by atoms with van der Waals surface area (Å²) in [5, 5.41) is 4.65. The molecule has 1 aromatic heterocycles. The fourth-order valence-corrected chi connectivity index (χ4v) is 3.85. The van der Waals surface area contributed by atoms with Crippen molar-refractivity contribution < 1.29 is 4.39 Å². The standard InChI is InChI=1S/C14H16FNS/c1-9-6-11(4-5-16-9)13-7-10-2-3-12(15)8-14(10)17-13/h2-3,7-9,11,16H,4-6H2,1H3. The van der Waals surface area contributed by atoms with E-state index < -0.39 is 0 Å². The van der Waals surface area contributed by atoms with Gasteiger partial charge in [0.2, 0.25) is 0 Å². The van der Waals surface area contributed by atoms with E-state index in [0.717, 1.165) is 11.2 Å². The topological polar surface area (TPSA) is 12.0 Å². The van der Waals surface area contributed by atoms with E-state index in [2.05, 4.69) is 18.3 Å². The maximum atomic E-state index is 13.1. The van der Waals surface area contributed by atoms with Crippen LogP contribution in [0.4, 0.5) is 4.39 Å². The van der Waals surface area contributed by atoms with E-state index in [-0.39, 0.29) is 5.82 Å². The van der Waals surface area contributed by atoms with Crippen LogP contribution in [0.15, 0.2) is 24.3 Å². The fraction of sp³-hybridized carbons (Fsp3) is 0.429. The molecule has 90 valence electrons. The molecule has 0 bridgehead atoms. The molecule has 2 heterocycles. The smallest absolute Gasteiger partial charge is 0.124 e. The molecule has 3 heteroatoms. The number of halogens is 1. The predicted molar refractivity (Wildman–Crippen MR) is 71.2 cm³/mol. The molecule has 0 aliphatic carbocycles. The number of rotatable bonds is 1. The molecule has 17 heavy (non-hydrogen) atoms. The van der Waals surface area contributed by atoms with E-state index in [0.29, 0.717) is 12.0 Å². The van der Waals surface area contributed by atoms with Gasteiger partial charge in [-0.2, -0.15) is 0 Å². The fourth-order valence-electron chi connectivity index (χ4n) is 2.62. The Hall–Kier alpha value is -0.930. The van der Waals surface area contributed by atoms with Crippen molar-refractivity contribution >= 4 is 21.4 Å². The minimum Gasteiger partial charge on any atom is -0.314 e. The molecule has 2 unspecified atom stereocenters. The molecule has 1 aromatic carbocycles. The van der Waals surface area contributed by atoms with Crippen molar-refractivity contribution in [1.82, 2.24) is 5.32 Å². The zero-order chi connectivity index (χ0) is 11.8. The minimum absolute atomic E-state index is 0.135. The van der Waals surface area contributed by atoms with Crippen molar-refractivity contribution in [2.24, 2.45) is 0 Å². The Morgan fingerprint density at radius 3 is 3.06 bits per heavy atom. The Labute approximate surface area is 105 Å². The van der Waals surface area contributed by atoms with Gasteiger partial charge in [0.1, 0.15) is 5.82 Å². The highest BCUT2D eigenvalue weighted by atomic mass is 32.1. The summed E-state index contributed by atoms with van der Waals surface area (Å²) in [6, 6.07) is 7.91. The molecule has 1 fully saturated rings. The van der Waals surface area contributed by atoms with E-state index in [1.54, 1.807) is 23.5 Å². The van der Waals surface area contributed by atoms with Crippen LogP contribution in [0.2, 0.25) is 0 Å². The summed E-state index contributed by atoms with van der Waals surface area (Å²) >= 11 is 1.75. The van der Waals surface area contributed by atoms with Gasteiger partial charge in [-0.05, 0) is 55.8 Å². The molecule has 0 radical (unpaired) electrons. The second kappa shape index (κ2) is 4.39. The molecule has 1 N–H and O–H groups in total. The van der Waals surface area contributed by atoms with Crippen molar-refractivity contribution in [3.63, 3.8) is 0 Å². The molecule has 2 aromatic rings. The van der Waals surface area contributed by atoms with Gasteiger partial charge in [0, 0.05) is 15.6 Å². The molecule has 1 saturated heterocycles. The van der Waals surface area contributed by atoms with Crippen molar-refractivity contribution in [2.75, 3.05) is 6.54 Å². The van der Waals surface area contributed by atoms with Gasteiger partial charge in [0.05, 0.1) is 0 Å². The zero-order valence-electron chi connectivity index (χ0n) is 9.87. The quantitative estimate of drug-likeness (QED) is 0.808. The van der Waals surface area contributed by atoms with Crippen molar-refractivity contribution in [3.8, 4) is 0 Å². The molecular weight excluding hydrogens is 233 g/mol. The average molecular weight is 249 g/mol. The number of thiophene rings is 1. The second-order valence-electron chi connectivity index (χ2n) is 4.91. The largest absolute Gasteiger partial charge is 0.314 e. The Morgan fingerprint density at radius 2 is 2.24 bits per heavy atom. The highest BCUT2D eigenvalue weighted by Gasteiger charge is 2.21. The van der Waals surface area contributed by atoms with E-state index in [4.69, 9.17) is 0 Å². The predicted octanol–water partition coefficient (Wildman–Crippen LogP) is 3.90. The van der Waals surface area contributed by atoms with Crippen LogP contribution in [0.1, 0.15) is 30.6 Å². The summed E-state index contributed by atoms with van der Waals surface area (Å²) in [5.41, 5.74) is 0. The first kappa shape index (κ1) is 11.2. The lowest BCUT2D eigenvalue weighted by molar-refractivity contribution is 0.384. The molecule has 1 nitrogen and oxygen atoms in total. The first-order chi connectivity index (χ1) is 8.22. The van der Waals surface area contributed by atoms with Gasteiger partial charge in [0.15, 0.2) is 0 Å². The van der Waals surface area contributed by atoms with Crippen LogP contribution in [0.3, 0.4) is 0 Å². The van der Waals surface area contributed by atoms with E-state index in [1.165, 1.54) is 23.1 Å². The van der Waals surface area contributed by atoms with Gasteiger partial charge in [-0.25, -0.2) is 4.39 Å². The maximum absolute atomic E-state index is 13.1. The lowest BCUT2D eigenvalue weighted by Crippen LogP contribution is -2.34. The van der Waals surface area contributed by atoms with Gasteiger partial charge >= 0.3 is 0 Å². The molecule has 3 rings (SSSR count). The SMILES string of the molecule is CC1CC(c2cc3ccc(F)cc3s2)CCN1. The molecule has 1 aliphatic heterocycles. The van der Waals surface area contributed by atoms with Crippen LogP contribution >= 0.6 is 11.3 Å². The first-order valence-electron chi connectivity index (χ1n) is 6.15. The molecule has 0 spiro atoms. The van der Waals surface area contributed by atoms with Gasteiger partial charge in [-0.3, -0.25) is 0 Å². The third kappa shape index (κ3) is 2.22. The summed E-state index contributed by atoms with van der Waals surface area (Å²) in [7, 11) is 0. The number of benzene rings is 1. The van der Waals surface area contributed by atoms with E-state index in [9.17, 15) is 4.39 Å². The molecule has 1 aliphatic rings. The van der Waals surface area contributed by atoms with Crippen LogP contribution in [0, 0.1) is 5.82 Å². The lowest BCUT2D eigenvalue weighted by Gasteiger charge is -2.27. The Bertz CT molecular complexity index is 534. The zero-order valence-corrected chi connectivity index (χ0v) is 10.7. The maximum Gasteiger partial charge on any atom is 0.124 e. The van der Waals surface area contributed by atoms with Crippen molar-refractivity contribution in [1.29, 1.82) is 0 Å². The van der Waals surface area contributed by atoms with E-state index in [1.807, 2.05) is 6.07 Å². The molecule has 0 saturated carbocycles. The average Bonchev–Trinajstić information content (AvgIpc) is 2.72. The minimum atomic E-state index is -0.135. The summed E-state index contributed by atoms with van der Waals surface area (Å²) in [4.78, 5) is 1.42. The molecular formula is C14H16FNS. The molecule has 0 amide bonds. The van der Waals surface area contributed by atoms with Gasteiger partial charge in [0.25, 0.3) is 0 Å². The number of fused-ring (bicyclic) bond motifs is 1. The number of nitrogens with one attached hydrogen (secondary N) is 1. The van der Waals surface area contributed by atoms with E-state index >= 15 is 0 Å². The van der Waals surface area contributed by atoms with Crippen molar-refractivity contribution in [3.05, 3.63) is 35.0 Å². The Kier molecular flexibility index (Phi) is 2.89. The lowest BCUT2D eigenvalue weighted by atomic mass is 9.92. The highest BCUT2D eigenvalue weighted by molar-refractivity contribution is 7.19. The highest BCUT2D eigenvalue weighted by Crippen LogP contribution is 2.36. The normalized spacial score (nSPS) is 25.3. The third-order valence-electron chi connectivity index (χ3n) is 3.53. The second-order valence-corrected chi connectivity index (χ2v) is 6.02. The van der Waals surface area contributed by atoms with Gasteiger partial charge in [-0.15, -0.1) is 11.3 Å². The summed E-state index contributed by atoms with van der Waals surface area (Å²) in [6.07, 6.45) is 2.38. The number of hydrogen-bond acceptors (Lipinski definition) is 2. The number of piperidine rings is 1. The van der Waals surface area contributed by atoms with Crippen molar-refractivity contribution in [2.45, 2.75) is 31.7 Å². The van der Waals surface area contributed by atoms with Crippen LogP contribution in [0.5, 0.6) is 0 Å². The van der Waals surface area contributed by atoms with Gasteiger partial charge in [-0.1, -0.05) is 6.07 Å². The summed E-state index contributed by atoms with van der Waals surface area (Å²) in [6.45, 7) is 3.33. The Balaban J connectivity index is 1.94. The summed E-state index contributed by atoms with van der Waals surface area (Å²) < 4.78 is 14.2. The van der Waals surface area contributed by atoms with Crippen LogP contribution in [-0.4, -0.2) is 12.6 Å². The Morgan fingerprint density at radius 1 is 1.35 bits per heavy atom. The number of hydrogen-bond donors (Lipinski definition) is 1. The van der Waals surface area contributed by atoms with Gasteiger partial charge < -0.3 is 5.32 Å². The van der Waals surface area contributed by atoms with Crippen LogP contribution in [-0.2, 0) is 0 Å². The molecule has 2 atom stereocenters. The summed E-state index contributed by atoms with van der Waals surface area (Å²) in [5.74, 6) is 0.510. The van der Waals surface area contributed by atoms with Crippen LogP contribution in [0.25, 0.3) is 10.1 Å². The first-order valence-corrected chi connectivity index (χ1v) is 6.96. The van der Waals surface area contributed by atoms with Crippen LogP contribution < -0.4 is 5.32 Å². The third-order valence-corrected chi connectivity index (χ3v) is 4.79. The monoisotopic (exact) mass is 249 g/mol.